The van der Waals surface area contributed by atoms with Gasteiger partial charge in [-0.3, -0.25) is 4.79 Å². The van der Waals surface area contributed by atoms with Gasteiger partial charge in [0.25, 0.3) is 0 Å². The number of ether oxygens (including phenoxy) is 2. The monoisotopic (exact) mass is 259 g/mol. The molecule has 1 atom stereocenters. The lowest BCUT2D eigenvalue weighted by Gasteiger charge is -2.15. The van der Waals surface area contributed by atoms with Gasteiger partial charge in [-0.2, -0.15) is 0 Å². The second-order valence-corrected chi connectivity index (χ2v) is 3.76. The second-order valence-electron chi connectivity index (χ2n) is 3.36. The SMILES string of the molecule is COc1cc(Cl)c(C(CN)C(=O)O)cc1OC. The van der Waals surface area contributed by atoms with Crippen LogP contribution in [0, 0.1) is 0 Å². The van der Waals surface area contributed by atoms with Crippen LogP contribution < -0.4 is 15.2 Å². The molecule has 0 radical (unpaired) electrons. The standard InChI is InChI=1S/C11H14ClNO4/c1-16-9-3-6(7(5-13)11(14)15)8(12)4-10(9)17-2/h3-4,7H,5,13H2,1-2H3,(H,14,15). The highest BCUT2D eigenvalue weighted by atomic mass is 35.5. The van der Waals surface area contributed by atoms with Crippen LogP contribution in [0.2, 0.25) is 5.02 Å². The normalized spacial score (nSPS) is 12.0. The Morgan fingerprint density at radius 2 is 1.94 bits per heavy atom. The first-order valence-corrected chi connectivity index (χ1v) is 5.27. The van der Waals surface area contributed by atoms with Gasteiger partial charge in [-0.25, -0.2) is 0 Å². The van der Waals surface area contributed by atoms with E-state index in [1.54, 1.807) is 0 Å². The van der Waals surface area contributed by atoms with Crippen molar-refractivity contribution in [2.24, 2.45) is 5.73 Å². The van der Waals surface area contributed by atoms with Crippen LogP contribution in [0.5, 0.6) is 11.5 Å². The first kappa shape index (κ1) is 13.6. The minimum absolute atomic E-state index is 0.0372. The minimum Gasteiger partial charge on any atom is -0.493 e. The Kier molecular flexibility index (Phi) is 4.60. The number of methoxy groups -OCH3 is 2. The van der Waals surface area contributed by atoms with Gasteiger partial charge >= 0.3 is 5.97 Å². The Labute approximate surface area is 104 Å². The molecule has 0 amide bonds. The zero-order chi connectivity index (χ0) is 13.0. The molecule has 0 heterocycles. The number of nitrogens with two attached hydrogens (primary N) is 1. The minimum atomic E-state index is -1.03. The molecule has 0 aliphatic rings. The number of hydrogen-bond acceptors (Lipinski definition) is 4. The number of rotatable bonds is 5. The Hall–Kier alpha value is -1.46. The maximum atomic E-state index is 11.0. The molecule has 0 aliphatic carbocycles. The largest absolute Gasteiger partial charge is 0.493 e. The molecule has 0 bridgehead atoms. The van der Waals surface area contributed by atoms with Crippen LogP contribution in [-0.2, 0) is 4.79 Å². The van der Waals surface area contributed by atoms with Crippen molar-refractivity contribution in [3.05, 3.63) is 22.7 Å². The Morgan fingerprint density at radius 3 is 2.35 bits per heavy atom. The average molecular weight is 260 g/mol. The fourth-order valence-electron chi connectivity index (χ4n) is 1.50. The van der Waals surface area contributed by atoms with Gasteiger partial charge in [-0.15, -0.1) is 0 Å². The van der Waals surface area contributed by atoms with Gasteiger partial charge in [-0.05, 0) is 11.6 Å². The Morgan fingerprint density at radius 1 is 1.41 bits per heavy atom. The number of carboxylic acids is 1. The zero-order valence-electron chi connectivity index (χ0n) is 9.57. The van der Waals surface area contributed by atoms with E-state index in [4.69, 9.17) is 31.9 Å². The van der Waals surface area contributed by atoms with Crippen LogP contribution in [0.4, 0.5) is 0 Å². The van der Waals surface area contributed by atoms with E-state index < -0.39 is 11.9 Å². The van der Waals surface area contributed by atoms with Crippen molar-refractivity contribution in [2.75, 3.05) is 20.8 Å². The van der Waals surface area contributed by atoms with Crippen molar-refractivity contribution in [1.29, 1.82) is 0 Å². The summed E-state index contributed by atoms with van der Waals surface area (Å²) in [6.07, 6.45) is 0. The van der Waals surface area contributed by atoms with Crippen molar-refractivity contribution in [3.63, 3.8) is 0 Å². The number of carboxylic acid groups (broad SMARTS) is 1. The first-order chi connectivity index (χ1) is 8.04. The predicted octanol–water partition coefficient (Wildman–Crippen LogP) is 1.48. The summed E-state index contributed by atoms with van der Waals surface area (Å²) in [5, 5.41) is 9.32. The summed E-state index contributed by atoms with van der Waals surface area (Å²) in [7, 11) is 2.94. The highest BCUT2D eigenvalue weighted by Crippen LogP contribution is 2.36. The second kappa shape index (κ2) is 5.75. The fraction of sp³-hybridized carbons (Fsp3) is 0.364. The lowest BCUT2D eigenvalue weighted by atomic mass is 9.99. The van der Waals surface area contributed by atoms with E-state index >= 15 is 0 Å². The smallest absolute Gasteiger partial charge is 0.312 e. The molecule has 5 nitrogen and oxygen atoms in total. The third-order valence-electron chi connectivity index (χ3n) is 2.41. The predicted molar refractivity (Wildman–Crippen MR) is 64.0 cm³/mol. The van der Waals surface area contributed by atoms with Crippen LogP contribution in [-0.4, -0.2) is 31.8 Å². The summed E-state index contributed by atoms with van der Waals surface area (Å²) in [4.78, 5) is 11.0. The number of carbonyl (C=O) groups is 1. The van der Waals surface area contributed by atoms with Gasteiger partial charge < -0.3 is 20.3 Å². The van der Waals surface area contributed by atoms with Crippen molar-refractivity contribution in [3.8, 4) is 11.5 Å². The van der Waals surface area contributed by atoms with Gasteiger partial charge in [-0.1, -0.05) is 11.6 Å². The number of hydrogen-bond donors (Lipinski definition) is 2. The molecule has 17 heavy (non-hydrogen) atoms. The summed E-state index contributed by atoms with van der Waals surface area (Å²) < 4.78 is 10.1. The van der Waals surface area contributed by atoms with Gasteiger partial charge in [0.05, 0.1) is 20.1 Å². The molecule has 3 N–H and O–H groups in total. The van der Waals surface area contributed by atoms with E-state index in [1.807, 2.05) is 0 Å². The maximum Gasteiger partial charge on any atom is 0.312 e. The third kappa shape index (κ3) is 2.81. The van der Waals surface area contributed by atoms with E-state index in [2.05, 4.69) is 0 Å². The first-order valence-electron chi connectivity index (χ1n) is 4.89. The summed E-state index contributed by atoms with van der Waals surface area (Å²) in [6.45, 7) is -0.0372. The van der Waals surface area contributed by atoms with Gasteiger partial charge in [0.2, 0.25) is 0 Å². The lowest BCUT2D eigenvalue weighted by molar-refractivity contribution is -0.138. The van der Waals surface area contributed by atoms with Crippen molar-refractivity contribution in [2.45, 2.75) is 5.92 Å². The molecule has 1 rings (SSSR count). The molecular formula is C11H14ClNO4. The maximum absolute atomic E-state index is 11.0. The molecule has 94 valence electrons. The quantitative estimate of drug-likeness (QED) is 0.837. The van der Waals surface area contributed by atoms with E-state index in [-0.39, 0.29) is 6.54 Å². The van der Waals surface area contributed by atoms with Crippen molar-refractivity contribution >= 4 is 17.6 Å². The average Bonchev–Trinajstić information content (AvgIpc) is 2.31. The summed E-state index contributed by atoms with van der Waals surface area (Å²) >= 11 is 6.00. The Balaban J connectivity index is 3.29. The lowest BCUT2D eigenvalue weighted by Crippen LogP contribution is -2.21. The number of aliphatic carboxylic acids is 1. The van der Waals surface area contributed by atoms with Crippen molar-refractivity contribution in [1.82, 2.24) is 0 Å². The topological polar surface area (TPSA) is 81.8 Å². The van der Waals surface area contributed by atoms with E-state index in [0.29, 0.717) is 22.1 Å². The highest BCUT2D eigenvalue weighted by Gasteiger charge is 2.23. The summed E-state index contributed by atoms with van der Waals surface area (Å²) in [5.74, 6) is -1.02. The molecule has 0 saturated carbocycles. The van der Waals surface area contributed by atoms with Gasteiger partial charge in [0.15, 0.2) is 11.5 Å². The van der Waals surface area contributed by atoms with Gasteiger partial charge in [0.1, 0.15) is 0 Å². The summed E-state index contributed by atoms with van der Waals surface area (Å²) in [6, 6.07) is 3.05. The van der Waals surface area contributed by atoms with Crippen LogP contribution in [0.25, 0.3) is 0 Å². The van der Waals surface area contributed by atoms with Crippen molar-refractivity contribution < 1.29 is 19.4 Å². The third-order valence-corrected chi connectivity index (χ3v) is 2.74. The van der Waals surface area contributed by atoms with E-state index in [1.165, 1.54) is 26.4 Å². The van der Waals surface area contributed by atoms with E-state index in [0.717, 1.165) is 0 Å². The van der Waals surface area contributed by atoms with Crippen LogP contribution in [0.1, 0.15) is 11.5 Å². The molecule has 0 aliphatic heterocycles. The molecule has 0 aromatic heterocycles. The van der Waals surface area contributed by atoms with Crippen LogP contribution in [0.15, 0.2) is 12.1 Å². The highest BCUT2D eigenvalue weighted by molar-refractivity contribution is 6.31. The number of halogens is 1. The van der Waals surface area contributed by atoms with E-state index in [9.17, 15) is 4.79 Å². The molecule has 1 aromatic rings. The molecule has 0 fully saturated rings. The molecule has 6 heteroatoms. The molecular weight excluding hydrogens is 246 g/mol. The molecule has 0 saturated heterocycles. The van der Waals surface area contributed by atoms with Crippen LogP contribution in [0.3, 0.4) is 0 Å². The van der Waals surface area contributed by atoms with Crippen LogP contribution >= 0.6 is 11.6 Å². The summed E-state index contributed by atoms with van der Waals surface area (Å²) in [5.41, 5.74) is 5.84. The number of benzene rings is 1. The molecule has 0 spiro atoms. The Bertz CT molecular complexity index is 422. The zero-order valence-corrected chi connectivity index (χ0v) is 10.3. The molecule has 1 aromatic carbocycles. The molecule has 1 unspecified atom stereocenters. The van der Waals surface area contributed by atoms with Gasteiger partial charge in [0, 0.05) is 17.6 Å². The fourth-order valence-corrected chi connectivity index (χ4v) is 1.78.